The first-order chi connectivity index (χ1) is 10.5. The lowest BCUT2D eigenvalue weighted by molar-refractivity contribution is 0.369. The van der Waals surface area contributed by atoms with E-state index in [-0.39, 0.29) is 16.5 Å². The van der Waals surface area contributed by atoms with Gasteiger partial charge in [-0.15, -0.1) is 3.63 Å². The molecule has 10 nitrogen and oxygen atoms in total. The van der Waals surface area contributed by atoms with Gasteiger partial charge in [0.15, 0.2) is 5.75 Å². The summed E-state index contributed by atoms with van der Waals surface area (Å²) in [5, 5.41) is 0.195. The first-order valence-corrected chi connectivity index (χ1v) is 9.72. The van der Waals surface area contributed by atoms with Gasteiger partial charge in [-0.25, -0.2) is 0 Å². The Balaban J connectivity index is 2.26. The van der Waals surface area contributed by atoms with E-state index >= 15 is 0 Å². The van der Waals surface area contributed by atoms with Crippen molar-refractivity contribution in [1.82, 2.24) is 0 Å². The molecular formula is C10H6O10S3. The van der Waals surface area contributed by atoms with Crippen LogP contribution in [0, 0.1) is 0 Å². The molecule has 0 bridgehead atoms. The summed E-state index contributed by atoms with van der Waals surface area (Å²) < 4.78 is 89.1. The smallest absolute Gasteiger partial charge is 0.362 e. The van der Waals surface area contributed by atoms with Crippen molar-refractivity contribution in [1.29, 1.82) is 0 Å². The lowest BCUT2D eigenvalue weighted by atomic mass is 10.1. The second kappa shape index (κ2) is 4.78. The van der Waals surface area contributed by atoms with Gasteiger partial charge in [-0.2, -0.15) is 25.3 Å². The molecule has 1 aliphatic heterocycles. The average molecular weight is 382 g/mol. The minimum Gasteiger partial charge on any atom is -0.362 e. The lowest BCUT2D eigenvalue weighted by Crippen LogP contribution is -2.25. The summed E-state index contributed by atoms with van der Waals surface area (Å²) in [6.07, 6.45) is 0. The third-order valence-corrected chi connectivity index (χ3v) is 5.81. The van der Waals surface area contributed by atoms with Crippen molar-refractivity contribution in [2.24, 2.45) is 0 Å². The van der Waals surface area contributed by atoms with Gasteiger partial charge in [-0.05, 0) is 29.7 Å². The van der Waals surface area contributed by atoms with Gasteiger partial charge in [0.05, 0.1) is 0 Å². The Labute approximate surface area is 130 Å². The van der Waals surface area contributed by atoms with Crippen LogP contribution in [0.4, 0.5) is 0 Å². The monoisotopic (exact) mass is 382 g/mol. The van der Waals surface area contributed by atoms with E-state index < -0.39 is 41.6 Å². The van der Waals surface area contributed by atoms with Gasteiger partial charge in [0.1, 0.15) is 10.6 Å². The highest BCUT2D eigenvalue weighted by molar-refractivity contribution is 7.98. The largest absolute Gasteiger partial charge is 0.464 e. The van der Waals surface area contributed by atoms with E-state index in [1.54, 1.807) is 0 Å². The molecule has 1 N–H and O–H groups in total. The molecule has 3 rings (SSSR count). The van der Waals surface area contributed by atoms with Crippen molar-refractivity contribution >= 4 is 41.7 Å². The molecule has 0 aliphatic carbocycles. The van der Waals surface area contributed by atoms with Gasteiger partial charge in [0.25, 0.3) is 0 Å². The van der Waals surface area contributed by atoms with E-state index in [4.69, 9.17) is 4.55 Å². The number of fused-ring (bicyclic) bond motifs is 3. The van der Waals surface area contributed by atoms with Crippen molar-refractivity contribution in [2.75, 3.05) is 0 Å². The first kappa shape index (κ1) is 15.9. The van der Waals surface area contributed by atoms with Crippen LogP contribution < -0.4 is 8.37 Å². The maximum atomic E-state index is 12.0. The second-order valence-corrected chi connectivity index (χ2v) is 8.17. The van der Waals surface area contributed by atoms with Gasteiger partial charge >= 0.3 is 30.9 Å². The zero-order chi connectivity index (χ0) is 17.0. The lowest BCUT2D eigenvalue weighted by Gasteiger charge is -2.18. The van der Waals surface area contributed by atoms with Crippen LogP contribution in [0.25, 0.3) is 10.8 Å². The summed E-state index contributed by atoms with van der Waals surface area (Å²) in [6.45, 7) is 0. The Morgan fingerprint density at radius 2 is 1.74 bits per heavy atom. The fourth-order valence-electron chi connectivity index (χ4n) is 2.02. The second-order valence-electron chi connectivity index (χ2n) is 4.30. The summed E-state index contributed by atoms with van der Waals surface area (Å²) in [5.74, 6) is -0.727. The fraction of sp³-hybridized carbons (Fsp3) is 0. The molecule has 0 saturated heterocycles. The van der Waals surface area contributed by atoms with Gasteiger partial charge < -0.3 is 8.37 Å². The zero-order valence-electron chi connectivity index (χ0n) is 10.7. The molecule has 0 saturated carbocycles. The van der Waals surface area contributed by atoms with E-state index in [1.165, 1.54) is 6.07 Å². The van der Waals surface area contributed by atoms with E-state index in [0.717, 1.165) is 24.3 Å². The first-order valence-electron chi connectivity index (χ1n) is 5.61. The summed E-state index contributed by atoms with van der Waals surface area (Å²) in [7, 11) is -14.1. The molecule has 0 atom stereocenters. The van der Waals surface area contributed by atoms with Crippen molar-refractivity contribution in [3.8, 4) is 11.5 Å². The summed E-state index contributed by atoms with van der Waals surface area (Å²) >= 11 is 0. The highest BCUT2D eigenvalue weighted by atomic mass is 32.3. The molecule has 0 aromatic heterocycles. The van der Waals surface area contributed by atoms with Gasteiger partial charge in [-0.3, -0.25) is 4.55 Å². The Morgan fingerprint density at radius 3 is 2.39 bits per heavy atom. The maximum absolute atomic E-state index is 12.0. The van der Waals surface area contributed by atoms with Crippen LogP contribution >= 0.6 is 0 Å². The van der Waals surface area contributed by atoms with Crippen LogP contribution in [-0.4, -0.2) is 29.8 Å². The number of rotatable bonds is 2. The van der Waals surface area contributed by atoms with Crippen molar-refractivity contribution in [3.05, 3.63) is 30.3 Å². The van der Waals surface area contributed by atoms with E-state index in [2.05, 4.69) is 12.0 Å². The number of hydrogen-bond acceptors (Lipinski definition) is 9. The van der Waals surface area contributed by atoms with Crippen LogP contribution in [0.5, 0.6) is 11.5 Å². The molecule has 124 valence electrons. The molecular weight excluding hydrogens is 376 g/mol. The van der Waals surface area contributed by atoms with Crippen LogP contribution in [0.3, 0.4) is 0 Å². The fourth-order valence-corrected chi connectivity index (χ4v) is 4.85. The zero-order valence-corrected chi connectivity index (χ0v) is 13.2. The van der Waals surface area contributed by atoms with Crippen LogP contribution in [0.15, 0.2) is 35.2 Å². The Bertz CT molecular complexity index is 1130. The summed E-state index contributed by atoms with van der Waals surface area (Å²) in [5.41, 5.74) is 0. The molecule has 13 heteroatoms. The summed E-state index contributed by atoms with van der Waals surface area (Å²) in [6, 6.07) is 5.68. The van der Waals surface area contributed by atoms with E-state index in [9.17, 15) is 25.3 Å². The topological polar surface area (TPSA) is 150 Å². The Morgan fingerprint density at radius 1 is 1.04 bits per heavy atom. The maximum Gasteiger partial charge on any atom is 0.464 e. The predicted molar refractivity (Wildman–Crippen MR) is 73.9 cm³/mol. The third kappa shape index (κ3) is 3.09. The predicted octanol–water partition coefficient (Wildman–Crippen LogP) is 0.364. The van der Waals surface area contributed by atoms with Crippen molar-refractivity contribution in [2.45, 2.75) is 4.90 Å². The van der Waals surface area contributed by atoms with Crippen molar-refractivity contribution in [3.63, 3.8) is 0 Å². The number of hydrogen-bond donors (Lipinski definition) is 1. The molecule has 0 spiro atoms. The highest BCUT2D eigenvalue weighted by Gasteiger charge is 2.38. The van der Waals surface area contributed by atoms with Gasteiger partial charge in [0.2, 0.25) is 0 Å². The molecule has 2 aromatic carbocycles. The minimum absolute atomic E-state index is 0.0140. The standard InChI is InChI=1S/C10H6O10S3/c11-21(12)10-8-3-2-7(18-22(13,14)15)5-6(8)1-4-9(10)19-23(16,17)20-21/h1-5H,(H,13,14,15). The minimum atomic E-state index is -4.75. The molecule has 0 amide bonds. The molecule has 1 aliphatic rings. The average Bonchev–Trinajstić information content (AvgIpc) is 2.33. The third-order valence-electron chi connectivity index (χ3n) is 2.72. The van der Waals surface area contributed by atoms with E-state index in [1.807, 2.05) is 0 Å². The Kier molecular flexibility index (Phi) is 3.32. The van der Waals surface area contributed by atoms with Crippen LogP contribution in [0.1, 0.15) is 0 Å². The SMILES string of the molecule is O=S(=O)(O)Oc1ccc2c3c(ccc2c1)OS(=O)(=O)OS3(=O)=O. The molecule has 2 aromatic rings. The molecule has 0 radical (unpaired) electrons. The molecule has 0 unspecified atom stereocenters. The normalized spacial score (nSPS) is 18.8. The number of benzene rings is 2. The summed E-state index contributed by atoms with van der Waals surface area (Å²) in [4.78, 5) is -0.525. The van der Waals surface area contributed by atoms with Crippen molar-refractivity contribution < 1.29 is 41.8 Å². The molecule has 23 heavy (non-hydrogen) atoms. The van der Waals surface area contributed by atoms with Gasteiger partial charge in [-0.1, -0.05) is 6.07 Å². The molecule has 0 fully saturated rings. The van der Waals surface area contributed by atoms with Crippen LogP contribution in [0.2, 0.25) is 0 Å². The Hall–Kier alpha value is -1.93. The highest BCUT2D eigenvalue weighted by Crippen LogP contribution is 2.39. The quantitative estimate of drug-likeness (QED) is 0.721. The molecule has 1 heterocycles. The van der Waals surface area contributed by atoms with E-state index in [0.29, 0.717) is 0 Å². The van der Waals surface area contributed by atoms with Gasteiger partial charge in [0, 0.05) is 5.39 Å². The van der Waals surface area contributed by atoms with Crippen LogP contribution in [-0.2, 0) is 34.5 Å².